The fraction of sp³-hybridized carbons (Fsp3) is 0.227. The van der Waals surface area contributed by atoms with Crippen LogP contribution in [0.15, 0.2) is 53.4 Å². The lowest BCUT2D eigenvalue weighted by molar-refractivity contribution is -0.114. The van der Waals surface area contributed by atoms with Gasteiger partial charge >= 0.3 is 0 Å². The zero-order valence-electron chi connectivity index (χ0n) is 18.3. The van der Waals surface area contributed by atoms with Gasteiger partial charge in [-0.05, 0) is 48.2 Å². The highest BCUT2D eigenvalue weighted by Crippen LogP contribution is 2.27. The number of carbonyl (C=O) groups excluding carboxylic acids is 1. The summed E-state index contributed by atoms with van der Waals surface area (Å²) < 4.78 is 23.4. The number of hydrazine groups is 1. The van der Waals surface area contributed by atoms with E-state index in [2.05, 4.69) is 21.0 Å². The van der Waals surface area contributed by atoms with E-state index < -0.39 is 9.84 Å². The number of rotatable bonds is 8. The number of sulfone groups is 1. The molecular formula is C22H26N6O3S2. The van der Waals surface area contributed by atoms with Gasteiger partial charge in [0.15, 0.2) is 15.0 Å². The number of hydrogen-bond acceptors (Lipinski definition) is 7. The number of amides is 1. The molecule has 0 bridgehead atoms. The summed E-state index contributed by atoms with van der Waals surface area (Å²) in [5, 5.41) is 13.6. The molecule has 0 fully saturated rings. The molecule has 1 amide bonds. The Morgan fingerprint density at radius 3 is 2.24 bits per heavy atom. The monoisotopic (exact) mass is 486 g/mol. The zero-order valence-corrected chi connectivity index (χ0v) is 19.9. The Kier molecular flexibility index (Phi) is 7.79. The van der Waals surface area contributed by atoms with E-state index in [-0.39, 0.29) is 16.8 Å². The maximum absolute atomic E-state index is 11.7. The average molecular weight is 487 g/mol. The Balaban J connectivity index is 1.74. The second-order valence-electron chi connectivity index (χ2n) is 7.50. The van der Waals surface area contributed by atoms with Gasteiger partial charge in [0.2, 0.25) is 11.9 Å². The van der Waals surface area contributed by atoms with Gasteiger partial charge in [0, 0.05) is 30.2 Å². The van der Waals surface area contributed by atoms with Crippen LogP contribution in [0.1, 0.15) is 28.6 Å². The summed E-state index contributed by atoms with van der Waals surface area (Å²) in [7, 11) is -3.24. The number of benzene rings is 2. The third-order valence-corrected chi connectivity index (χ3v) is 6.94. The standard InChI is InChI=1S/C22H26N6O3S2/c1-14(29)25-22-27-19(12-7-15-3-8-17(9-4-15)26-21(23)28-24)20(32-22)13-16-5-10-18(11-6-16)33(2,30)31/h3-6,8-11H,7,12-13,24H2,1-2H3,(H3,23,26,28)(H,25,27,29). The third kappa shape index (κ3) is 7.11. The van der Waals surface area contributed by atoms with Crippen molar-refractivity contribution in [3.63, 3.8) is 0 Å². The van der Waals surface area contributed by atoms with Crippen LogP contribution in [0.5, 0.6) is 0 Å². The lowest BCUT2D eigenvalue weighted by atomic mass is 10.0. The molecule has 0 radical (unpaired) electrons. The Labute approximate surface area is 196 Å². The maximum Gasteiger partial charge on any atom is 0.223 e. The lowest BCUT2D eigenvalue weighted by Crippen LogP contribution is -2.35. The van der Waals surface area contributed by atoms with Crippen molar-refractivity contribution in [1.82, 2.24) is 10.4 Å². The van der Waals surface area contributed by atoms with Crippen molar-refractivity contribution >= 4 is 43.9 Å². The Hall–Kier alpha value is -3.28. The molecule has 9 nitrogen and oxygen atoms in total. The van der Waals surface area contributed by atoms with Crippen LogP contribution in [0.4, 0.5) is 10.8 Å². The highest BCUT2D eigenvalue weighted by atomic mass is 32.2. The maximum atomic E-state index is 11.7. The average Bonchev–Trinajstić information content (AvgIpc) is 3.13. The predicted octanol–water partition coefficient (Wildman–Crippen LogP) is 2.69. The van der Waals surface area contributed by atoms with E-state index in [9.17, 15) is 13.2 Å². The fourth-order valence-corrected chi connectivity index (χ4v) is 4.88. The molecule has 3 aromatic rings. The number of thiazole rings is 1. The quantitative estimate of drug-likeness (QED) is 0.142. The minimum absolute atomic E-state index is 0.00457. The lowest BCUT2D eigenvalue weighted by Gasteiger charge is -2.08. The molecule has 0 spiro atoms. The van der Waals surface area contributed by atoms with Crippen molar-refractivity contribution in [3.8, 4) is 0 Å². The van der Waals surface area contributed by atoms with Crippen molar-refractivity contribution in [1.29, 1.82) is 5.41 Å². The Morgan fingerprint density at radius 1 is 1.03 bits per heavy atom. The number of nitrogens with two attached hydrogens (primary N) is 1. The van der Waals surface area contributed by atoms with Gasteiger partial charge in [-0.25, -0.2) is 19.2 Å². The van der Waals surface area contributed by atoms with E-state index in [1.54, 1.807) is 24.3 Å². The smallest absolute Gasteiger partial charge is 0.223 e. The van der Waals surface area contributed by atoms with Crippen LogP contribution in [0.25, 0.3) is 0 Å². The summed E-state index contributed by atoms with van der Waals surface area (Å²) in [6.07, 6.45) is 3.20. The van der Waals surface area contributed by atoms with Gasteiger partial charge in [-0.3, -0.25) is 15.6 Å². The summed E-state index contributed by atoms with van der Waals surface area (Å²) in [4.78, 5) is 17.4. The van der Waals surface area contributed by atoms with E-state index >= 15 is 0 Å². The molecular weight excluding hydrogens is 460 g/mol. The van der Waals surface area contributed by atoms with E-state index in [0.717, 1.165) is 33.8 Å². The Morgan fingerprint density at radius 2 is 1.67 bits per heavy atom. The van der Waals surface area contributed by atoms with Gasteiger partial charge < -0.3 is 10.6 Å². The number of aromatic nitrogens is 1. The molecule has 174 valence electrons. The molecule has 0 saturated heterocycles. The molecule has 0 aliphatic carbocycles. The van der Waals surface area contributed by atoms with E-state index in [1.807, 2.05) is 24.3 Å². The molecule has 1 aromatic heterocycles. The topological polar surface area (TPSA) is 150 Å². The first-order chi connectivity index (χ1) is 15.6. The minimum atomic E-state index is -3.24. The number of nitrogens with zero attached hydrogens (tertiary/aromatic N) is 1. The normalized spacial score (nSPS) is 11.1. The molecule has 2 aromatic carbocycles. The first kappa shape index (κ1) is 24.4. The number of aryl methyl sites for hydroxylation is 2. The molecule has 0 saturated carbocycles. The van der Waals surface area contributed by atoms with Gasteiger partial charge in [-0.1, -0.05) is 24.3 Å². The summed E-state index contributed by atoms with van der Waals surface area (Å²) in [5.41, 5.74) is 5.95. The van der Waals surface area contributed by atoms with Crippen molar-refractivity contribution in [2.24, 2.45) is 5.84 Å². The summed E-state index contributed by atoms with van der Waals surface area (Å²) >= 11 is 1.43. The van der Waals surface area contributed by atoms with Crippen molar-refractivity contribution < 1.29 is 13.2 Å². The SMILES string of the molecule is CC(=O)Nc1nc(CCc2ccc(NC(=N)NN)cc2)c(Cc2ccc(S(C)(=O)=O)cc2)s1. The number of anilines is 2. The van der Waals surface area contributed by atoms with Crippen molar-refractivity contribution in [3.05, 3.63) is 70.2 Å². The second-order valence-corrected chi connectivity index (χ2v) is 10.6. The molecule has 0 unspecified atom stereocenters. The largest absolute Gasteiger partial charge is 0.325 e. The number of guanidine groups is 1. The Bertz CT molecular complexity index is 1240. The van der Waals surface area contributed by atoms with E-state index in [4.69, 9.17) is 11.3 Å². The second kappa shape index (κ2) is 10.6. The molecule has 33 heavy (non-hydrogen) atoms. The summed E-state index contributed by atoms with van der Waals surface area (Å²) in [6.45, 7) is 1.44. The van der Waals surface area contributed by atoms with Gasteiger partial charge in [0.1, 0.15) is 0 Å². The van der Waals surface area contributed by atoms with Gasteiger partial charge in [0.05, 0.1) is 10.6 Å². The van der Waals surface area contributed by atoms with Crippen molar-refractivity contribution in [2.75, 3.05) is 16.9 Å². The molecule has 11 heteroatoms. The van der Waals surface area contributed by atoms with Crippen molar-refractivity contribution in [2.45, 2.75) is 31.1 Å². The van der Waals surface area contributed by atoms with Crippen LogP contribution in [-0.2, 0) is 33.9 Å². The number of nitrogens with one attached hydrogen (secondary N) is 4. The first-order valence-corrected chi connectivity index (χ1v) is 12.8. The van der Waals surface area contributed by atoms with Gasteiger partial charge in [-0.15, -0.1) is 11.3 Å². The van der Waals surface area contributed by atoms with Gasteiger partial charge in [0.25, 0.3) is 0 Å². The van der Waals surface area contributed by atoms with Gasteiger partial charge in [-0.2, -0.15) is 0 Å². The van der Waals surface area contributed by atoms with Crippen LogP contribution in [0.3, 0.4) is 0 Å². The van der Waals surface area contributed by atoms with E-state index in [0.29, 0.717) is 18.0 Å². The predicted molar refractivity (Wildman–Crippen MR) is 131 cm³/mol. The fourth-order valence-electron chi connectivity index (χ4n) is 3.16. The zero-order chi connectivity index (χ0) is 24.0. The minimum Gasteiger partial charge on any atom is -0.325 e. The molecule has 3 rings (SSSR count). The molecule has 0 aliphatic rings. The number of carbonyl (C=O) groups is 1. The highest BCUT2D eigenvalue weighted by molar-refractivity contribution is 7.90. The van der Waals surface area contributed by atoms with Crippen LogP contribution in [-0.4, -0.2) is 31.5 Å². The molecule has 0 aliphatic heterocycles. The highest BCUT2D eigenvalue weighted by Gasteiger charge is 2.14. The molecule has 6 N–H and O–H groups in total. The molecule has 1 heterocycles. The van der Waals surface area contributed by atoms with E-state index in [1.165, 1.54) is 24.5 Å². The first-order valence-electron chi connectivity index (χ1n) is 10.1. The number of hydrogen-bond donors (Lipinski definition) is 5. The summed E-state index contributed by atoms with van der Waals surface area (Å²) in [5.74, 6) is 5.02. The van der Waals surface area contributed by atoms with Crippen LogP contribution in [0.2, 0.25) is 0 Å². The van der Waals surface area contributed by atoms with Crippen LogP contribution < -0.4 is 21.9 Å². The summed E-state index contributed by atoms with van der Waals surface area (Å²) in [6, 6.07) is 14.5. The third-order valence-electron chi connectivity index (χ3n) is 4.80. The van der Waals surface area contributed by atoms with Crippen LogP contribution in [0, 0.1) is 5.41 Å². The van der Waals surface area contributed by atoms with Crippen LogP contribution >= 0.6 is 11.3 Å². The molecule has 0 atom stereocenters.